The maximum atomic E-state index is 12.1. The number of anilines is 2. The van der Waals surface area contributed by atoms with Gasteiger partial charge in [-0.15, -0.1) is 0 Å². The first-order valence-electron chi connectivity index (χ1n) is 7.68. The number of nitrogens with one attached hydrogen (secondary N) is 3. The molecule has 21 heavy (non-hydrogen) atoms. The summed E-state index contributed by atoms with van der Waals surface area (Å²) in [7, 11) is 0. The van der Waals surface area contributed by atoms with Crippen molar-refractivity contribution in [2.75, 3.05) is 10.6 Å². The minimum atomic E-state index is -0.497. The summed E-state index contributed by atoms with van der Waals surface area (Å²) < 4.78 is 0. The third-order valence-electron chi connectivity index (χ3n) is 4.19. The molecule has 1 heterocycles. The van der Waals surface area contributed by atoms with E-state index in [1.165, 1.54) is 19.3 Å². The van der Waals surface area contributed by atoms with E-state index in [9.17, 15) is 9.59 Å². The molecule has 1 aromatic rings. The number of carbonyl (C=O) groups excluding carboxylic acids is 2. The molecule has 112 valence electrons. The Balaban J connectivity index is 1.57. The van der Waals surface area contributed by atoms with Gasteiger partial charge in [-0.3, -0.25) is 9.59 Å². The van der Waals surface area contributed by atoms with Crippen molar-refractivity contribution in [3.8, 4) is 0 Å². The first-order chi connectivity index (χ1) is 10.2. The first kappa shape index (κ1) is 13.9. The Morgan fingerprint density at radius 3 is 2.62 bits per heavy atom. The van der Waals surface area contributed by atoms with Gasteiger partial charge in [0, 0.05) is 6.04 Å². The van der Waals surface area contributed by atoms with Gasteiger partial charge < -0.3 is 16.0 Å². The molecule has 2 amide bonds. The van der Waals surface area contributed by atoms with Crippen LogP contribution in [0.15, 0.2) is 24.3 Å². The summed E-state index contributed by atoms with van der Waals surface area (Å²) in [6.07, 6.45) is 5.91. The lowest BCUT2D eigenvalue weighted by molar-refractivity contribution is -0.125. The van der Waals surface area contributed by atoms with Crippen LogP contribution < -0.4 is 16.0 Å². The maximum absolute atomic E-state index is 12.1. The van der Waals surface area contributed by atoms with Crippen LogP contribution in [0.3, 0.4) is 0 Å². The zero-order chi connectivity index (χ0) is 14.7. The van der Waals surface area contributed by atoms with Crippen molar-refractivity contribution >= 4 is 23.2 Å². The minimum Gasteiger partial charge on any atom is -0.372 e. The summed E-state index contributed by atoms with van der Waals surface area (Å²) >= 11 is 0. The van der Waals surface area contributed by atoms with Gasteiger partial charge in [0.1, 0.15) is 6.04 Å². The van der Waals surface area contributed by atoms with E-state index in [-0.39, 0.29) is 24.3 Å². The highest BCUT2D eigenvalue weighted by atomic mass is 16.2. The molecule has 0 spiro atoms. The second kappa shape index (κ2) is 6.16. The molecule has 3 rings (SSSR count). The number of carbonyl (C=O) groups is 2. The first-order valence-corrected chi connectivity index (χ1v) is 7.68. The van der Waals surface area contributed by atoms with Crippen LogP contribution in [-0.4, -0.2) is 23.9 Å². The van der Waals surface area contributed by atoms with E-state index in [1.54, 1.807) is 0 Å². The van der Waals surface area contributed by atoms with E-state index in [0.29, 0.717) is 0 Å². The fourth-order valence-electron chi connectivity index (χ4n) is 3.05. The molecule has 0 bridgehead atoms. The molecule has 1 fully saturated rings. The SMILES string of the molecule is O=C(C[C@@H]1Nc2ccccc2NC1=O)NC1CCCCC1. The van der Waals surface area contributed by atoms with E-state index >= 15 is 0 Å². The van der Waals surface area contributed by atoms with Crippen LogP contribution in [0, 0.1) is 0 Å². The molecule has 5 heteroatoms. The van der Waals surface area contributed by atoms with Crippen molar-refractivity contribution in [2.24, 2.45) is 0 Å². The zero-order valence-electron chi connectivity index (χ0n) is 12.0. The number of para-hydroxylation sites is 2. The van der Waals surface area contributed by atoms with Crippen LogP contribution in [0.4, 0.5) is 11.4 Å². The zero-order valence-corrected chi connectivity index (χ0v) is 12.0. The van der Waals surface area contributed by atoms with Gasteiger partial charge in [0.2, 0.25) is 11.8 Å². The standard InChI is InChI=1S/C16H21N3O2/c20-15(17-11-6-2-1-3-7-11)10-14-16(21)19-13-9-5-4-8-12(13)18-14/h4-5,8-9,11,14,18H,1-3,6-7,10H2,(H,17,20)(H,19,21)/t14-/m0/s1. The molecule has 1 saturated carbocycles. The molecule has 1 aliphatic carbocycles. The largest absolute Gasteiger partial charge is 0.372 e. The van der Waals surface area contributed by atoms with Gasteiger partial charge in [-0.2, -0.15) is 0 Å². The van der Waals surface area contributed by atoms with Gasteiger partial charge in [-0.05, 0) is 25.0 Å². The molecule has 0 unspecified atom stereocenters. The monoisotopic (exact) mass is 287 g/mol. The molecule has 1 aromatic carbocycles. The number of amides is 2. The predicted octanol–water partition coefficient (Wildman–Crippen LogP) is 2.26. The van der Waals surface area contributed by atoms with E-state index < -0.39 is 6.04 Å². The van der Waals surface area contributed by atoms with Crippen molar-refractivity contribution in [1.29, 1.82) is 0 Å². The lowest BCUT2D eigenvalue weighted by Gasteiger charge is -2.28. The molecular weight excluding hydrogens is 266 g/mol. The fraction of sp³-hybridized carbons (Fsp3) is 0.500. The molecule has 1 aliphatic heterocycles. The van der Waals surface area contributed by atoms with Gasteiger partial charge >= 0.3 is 0 Å². The van der Waals surface area contributed by atoms with Gasteiger partial charge in [0.15, 0.2) is 0 Å². The lowest BCUT2D eigenvalue weighted by atomic mass is 9.95. The molecule has 0 saturated heterocycles. The Labute approximate surface area is 124 Å². The van der Waals surface area contributed by atoms with Gasteiger partial charge in [-0.25, -0.2) is 0 Å². The fourth-order valence-corrected chi connectivity index (χ4v) is 3.05. The van der Waals surface area contributed by atoms with E-state index in [1.807, 2.05) is 24.3 Å². The molecular formula is C16H21N3O2. The Morgan fingerprint density at radius 1 is 1.14 bits per heavy atom. The average Bonchev–Trinajstić information content (AvgIpc) is 2.49. The van der Waals surface area contributed by atoms with E-state index in [2.05, 4.69) is 16.0 Å². The third kappa shape index (κ3) is 3.35. The molecule has 5 nitrogen and oxygen atoms in total. The van der Waals surface area contributed by atoms with Crippen LogP contribution in [0.2, 0.25) is 0 Å². The van der Waals surface area contributed by atoms with Crippen molar-refractivity contribution in [1.82, 2.24) is 5.32 Å². The predicted molar refractivity (Wildman–Crippen MR) is 82.1 cm³/mol. The third-order valence-corrected chi connectivity index (χ3v) is 4.19. The summed E-state index contributed by atoms with van der Waals surface area (Å²) in [5, 5.41) is 9.03. The molecule has 2 aliphatic rings. The Kier molecular flexibility index (Phi) is 4.08. The average molecular weight is 287 g/mol. The number of fused-ring (bicyclic) bond motifs is 1. The van der Waals surface area contributed by atoms with Gasteiger partial charge in [-0.1, -0.05) is 31.4 Å². The summed E-state index contributed by atoms with van der Waals surface area (Å²) in [5.74, 6) is -0.193. The number of benzene rings is 1. The summed E-state index contributed by atoms with van der Waals surface area (Å²) in [5.41, 5.74) is 1.64. The van der Waals surface area contributed by atoms with E-state index in [4.69, 9.17) is 0 Å². The second-order valence-electron chi connectivity index (χ2n) is 5.84. The Hall–Kier alpha value is -2.04. The van der Waals surface area contributed by atoms with Gasteiger partial charge in [0.05, 0.1) is 17.8 Å². The molecule has 0 radical (unpaired) electrons. The number of hydrogen-bond donors (Lipinski definition) is 3. The van der Waals surface area contributed by atoms with Crippen LogP contribution in [0.25, 0.3) is 0 Å². The molecule has 0 aromatic heterocycles. The highest BCUT2D eigenvalue weighted by Gasteiger charge is 2.28. The Bertz CT molecular complexity index is 538. The van der Waals surface area contributed by atoms with Crippen LogP contribution >= 0.6 is 0 Å². The van der Waals surface area contributed by atoms with Crippen molar-refractivity contribution in [3.05, 3.63) is 24.3 Å². The van der Waals surface area contributed by atoms with Gasteiger partial charge in [0.25, 0.3) is 0 Å². The van der Waals surface area contributed by atoms with Crippen molar-refractivity contribution in [2.45, 2.75) is 50.6 Å². The normalized spacial score (nSPS) is 21.9. The van der Waals surface area contributed by atoms with Crippen LogP contribution in [-0.2, 0) is 9.59 Å². The highest BCUT2D eigenvalue weighted by molar-refractivity contribution is 6.04. The smallest absolute Gasteiger partial charge is 0.247 e. The highest BCUT2D eigenvalue weighted by Crippen LogP contribution is 2.26. The second-order valence-corrected chi connectivity index (χ2v) is 5.84. The minimum absolute atomic E-state index is 0.0473. The maximum Gasteiger partial charge on any atom is 0.247 e. The lowest BCUT2D eigenvalue weighted by Crippen LogP contribution is -2.44. The molecule has 3 N–H and O–H groups in total. The van der Waals surface area contributed by atoms with Crippen LogP contribution in [0.5, 0.6) is 0 Å². The summed E-state index contributed by atoms with van der Waals surface area (Å²) in [6, 6.07) is 7.31. The summed E-state index contributed by atoms with van der Waals surface area (Å²) in [6.45, 7) is 0. The number of hydrogen-bond acceptors (Lipinski definition) is 3. The van der Waals surface area contributed by atoms with Crippen molar-refractivity contribution < 1.29 is 9.59 Å². The number of rotatable bonds is 3. The topological polar surface area (TPSA) is 70.2 Å². The molecule has 1 atom stereocenters. The van der Waals surface area contributed by atoms with Crippen LogP contribution in [0.1, 0.15) is 38.5 Å². The quantitative estimate of drug-likeness (QED) is 0.798. The Morgan fingerprint density at radius 2 is 1.86 bits per heavy atom. The van der Waals surface area contributed by atoms with Crippen molar-refractivity contribution in [3.63, 3.8) is 0 Å². The summed E-state index contributed by atoms with van der Waals surface area (Å²) in [4.78, 5) is 24.1. The van der Waals surface area contributed by atoms with E-state index in [0.717, 1.165) is 24.2 Å².